The maximum absolute atomic E-state index is 13.9. The van der Waals surface area contributed by atoms with E-state index in [4.69, 9.17) is 21.3 Å². The van der Waals surface area contributed by atoms with Crippen molar-refractivity contribution in [1.82, 2.24) is 14.5 Å². The summed E-state index contributed by atoms with van der Waals surface area (Å²) in [5.41, 5.74) is 4.40. The van der Waals surface area contributed by atoms with Crippen molar-refractivity contribution in [2.45, 2.75) is 44.6 Å². The van der Waals surface area contributed by atoms with Gasteiger partial charge in [-0.3, -0.25) is 14.5 Å². The minimum absolute atomic E-state index is 0.0565. The zero-order chi connectivity index (χ0) is 27.8. The zero-order valence-electron chi connectivity index (χ0n) is 22.3. The molecule has 1 amide bonds. The summed E-state index contributed by atoms with van der Waals surface area (Å²) >= 11 is 7.85. The van der Waals surface area contributed by atoms with Gasteiger partial charge in [0.2, 0.25) is 5.91 Å². The first-order valence-electron chi connectivity index (χ1n) is 13.7. The van der Waals surface area contributed by atoms with E-state index in [0.717, 1.165) is 59.1 Å². The number of nitrogens with zero attached hydrogens (tertiary/aromatic N) is 4. The van der Waals surface area contributed by atoms with Gasteiger partial charge in [-0.25, -0.2) is 9.97 Å². The SMILES string of the molecule is Cn1ccc2cc(-c3ccc(Cl)cc3-c3csc(N(C(=O)[C@@H](CC(=O)O)CC4CCOCC4)C4CC4)n3)cnc21. The highest BCUT2D eigenvalue weighted by Gasteiger charge is 2.40. The second-order valence-corrected chi connectivity index (χ2v) is 12.1. The number of amides is 1. The van der Waals surface area contributed by atoms with Crippen molar-refractivity contribution in [3.63, 3.8) is 0 Å². The number of pyridine rings is 1. The van der Waals surface area contributed by atoms with E-state index < -0.39 is 11.9 Å². The smallest absolute Gasteiger partial charge is 0.304 e. The minimum atomic E-state index is -0.950. The number of carboxylic acids is 1. The van der Waals surface area contributed by atoms with Crippen LogP contribution < -0.4 is 4.90 Å². The van der Waals surface area contributed by atoms with Gasteiger partial charge in [0.25, 0.3) is 0 Å². The second kappa shape index (κ2) is 11.3. The Hall–Kier alpha value is -3.27. The fourth-order valence-corrected chi connectivity index (χ4v) is 6.68. The normalized spacial score (nSPS) is 16.8. The van der Waals surface area contributed by atoms with Crippen LogP contribution in [0.5, 0.6) is 0 Å². The quantitative estimate of drug-likeness (QED) is 0.246. The van der Waals surface area contributed by atoms with Gasteiger partial charge in [-0.15, -0.1) is 11.3 Å². The molecule has 1 aliphatic heterocycles. The van der Waals surface area contributed by atoms with Crippen LogP contribution in [0.25, 0.3) is 33.4 Å². The number of halogens is 1. The first-order chi connectivity index (χ1) is 19.4. The Kier molecular flexibility index (Phi) is 7.61. The van der Waals surface area contributed by atoms with Crippen molar-refractivity contribution in [2.75, 3.05) is 18.1 Å². The number of thiazole rings is 1. The van der Waals surface area contributed by atoms with Gasteiger partial charge >= 0.3 is 5.97 Å². The molecule has 4 heterocycles. The average molecular weight is 579 g/mol. The number of carbonyl (C=O) groups is 2. The molecule has 2 aliphatic rings. The third-order valence-corrected chi connectivity index (χ3v) is 8.93. The highest BCUT2D eigenvalue weighted by Crippen LogP contribution is 2.41. The molecule has 0 spiro atoms. The highest BCUT2D eigenvalue weighted by molar-refractivity contribution is 7.14. The third kappa shape index (κ3) is 5.64. The number of ether oxygens (including phenoxy) is 1. The number of carbonyl (C=O) groups excluding carboxylic acids is 1. The molecule has 1 atom stereocenters. The van der Waals surface area contributed by atoms with Crippen LogP contribution >= 0.6 is 22.9 Å². The van der Waals surface area contributed by atoms with Crippen LogP contribution in [0, 0.1) is 11.8 Å². The van der Waals surface area contributed by atoms with E-state index in [1.165, 1.54) is 11.3 Å². The average Bonchev–Trinajstić information content (AvgIpc) is 3.54. The Bertz CT molecular complexity index is 1560. The molecule has 2 fully saturated rings. The van der Waals surface area contributed by atoms with Gasteiger partial charge in [0, 0.05) is 71.5 Å². The van der Waals surface area contributed by atoms with E-state index in [-0.39, 0.29) is 18.4 Å². The van der Waals surface area contributed by atoms with Crippen molar-refractivity contribution in [3.8, 4) is 22.4 Å². The van der Waals surface area contributed by atoms with Crippen molar-refractivity contribution >= 4 is 51.0 Å². The van der Waals surface area contributed by atoms with E-state index in [1.54, 1.807) is 4.90 Å². The van der Waals surface area contributed by atoms with E-state index >= 15 is 0 Å². The van der Waals surface area contributed by atoms with Gasteiger partial charge in [-0.1, -0.05) is 17.7 Å². The predicted octanol–water partition coefficient (Wildman–Crippen LogP) is 6.42. The van der Waals surface area contributed by atoms with Crippen LogP contribution in [-0.2, 0) is 21.4 Å². The molecule has 40 heavy (non-hydrogen) atoms. The lowest BCUT2D eigenvalue weighted by Crippen LogP contribution is -2.40. The van der Waals surface area contributed by atoms with Gasteiger partial charge in [0.05, 0.1) is 12.1 Å². The number of anilines is 1. The molecule has 0 bridgehead atoms. The lowest BCUT2D eigenvalue weighted by atomic mass is 9.86. The predicted molar refractivity (Wildman–Crippen MR) is 157 cm³/mol. The summed E-state index contributed by atoms with van der Waals surface area (Å²) in [5, 5.41) is 13.8. The number of hydrogen-bond acceptors (Lipinski definition) is 6. The molecular weight excluding hydrogens is 548 g/mol. The summed E-state index contributed by atoms with van der Waals surface area (Å²) in [6.07, 6.45) is 7.72. The standard InChI is InChI=1S/C30H31ClN4O4S/c1-34-9-6-19-13-21(16-32-28(19)34)24-5-2-22(31)15-25(24)26-17-40-30(33-26)35(23-3-4-23)29(38)20(14-27(36)37)12-18-7-10-39-11-8-18/h2,5-6,9,13,15-18,20,23H,3-4,7-8,10-12,14H2,1H3,(H,36,37)/t20-/m1/s1. The topological polar surface area (TPSA) is 97.6 Å². The summed E-state index contributed by atoms with van der Waals surface area (Å²) in [6, 6.07) is 9.93. The molecule has 1 saturated carbocycles. The van der Waals surface area contributed by atoms with Crippen molar-refractivity contribution in [1.29, 1.82) is 0 Å². The van der Waals surface area contributed by atoms with Crippen molar-refractivity contribution in [3.05, 3.63) is 53.1 Å². The Balaban J connectivity index is 1.32. The van der Waals surface area contributed by atoms with Crippen molar-refractivity contribution < 1.29 is 19.4 Å². The number of aliphatic carboxylic acids is 1. The number of hydrogen-bond donors (Lipinski definition) is 1. The number of rotatable bonds is 9. The van der Waals surface area contributed by atoms with Crippen LogP contribution in [0.4, 0.5) is 5.13 Å². The summed E-state index contributed by atoms with van der Waals surface area (Å²) < 4.78 is 7.45. The Labute approximate surface area is 241 Å². The van der Waals surface area contributed by atoms with Crippen LogP contribution in [0.15, 0.2) is 48.1 Å². The fourth-order valence-electron chi connectivity index (χ4n) is 5.61. The molecular formula is C30H31ClN4O4S. The maximum Gasteiger partial charge on any atom is 0.304 e. The van der Waals surface area contributed by atoms with E-state index in [9.17, 15) is 14.7 Å². The molecule has 4 aromatic rings. The summed E-state index contributed by atoms with van der Waals surface area (Å²) in [7, 11) is 1.97. The summed E-state index contributed by atoms with van der Waals surface area (Å²) in [6.45, 7) is 1.32. The van der Waals surface area contributed by atoms with E-state index in [1.807, 2.05) is 53.7 Å². The molecule has 1 aromatic carbocycles. The van der Waals surface area contributed by atoms with E-state index in [2.05, 4.69) is 11.1 Å². The zero-order valence-corrected chi connectivity index (χ0v) is 23.8. The molecule has 208 valence electrons. The molecule has 1 aliphatic carbocycles. The first-order valence-corrected chi connectivity index (χ1v) is 14.9. The van der Waals surface area contributed by atoms with Crippen molar-refractivity contribution in [2.24, 2.45) is 18.9 Å². The van der Waals surface area contributed by atoms with Crippen LogP contribution in [0.2, 0.25) is 5.02 Å². The maximum atomic E-state index is 13.9. The Morgan fingerprint density at radius 3 is 2.73 bits per heavy atom. The number of benzene rings is 1. The van der Waals surface area contributed by atoms with Gasteiger partial charge in [0.1, 0.15) is 5.65 Å². The monoisotopic (exact) mass is 578 g/mol. The first kappa shape index (κ1) is 26.9. The summed E-state index contributed by atoms with van der Waals surface area (Å²) in [5.74, 6) is -1.38. The highest BCUT2D eigenvalue weighted by atomic mass is 35.5. The van der Waals surface area contributed by atoms with Crippen LogP contribution in [-0.4, -0.2) is 50.8 Å². The lowest BCUT2D eigenvalue weighted by molar-refractivity contribution is -0.141. The molecule has 6 rings (SSSR count). The lowest BCUT2D eigenvalue weighted by Gasteiger charge is -2.29. The number of carboxylic acid groups (broad SMARTS) is 1. The van der Waals surface area contributed by atoms with Gasteiger partial charge in [0.15, 0.2) is 5.13 Å². The fraction of sp³-hybridized carbons (Fsp3) is 0.400. The van der Waals surface area contributed by atoms with Gasteiger partial charge < -0.3 is 14.4 Å². The Morgan fingerprint density at radius 1 is 1.18 bits per heavy atom. The molecule has 0 unspecified atom stereocenters. The Morgan fingerprint density at radius 2 is 1.98 bits per heavy atom. The molecule has 1 N–H and O–H groups in total. The van der Waals surface area contributed by atoms with Gasteiger partial charge in [-0.2, -0.15) is 0 Å². The van der Waals surface area contributed by atoms with Crippen LogP contribution in [0.1, 0.15) is 38.5 Å². The number of fused-ring (bicyclic) bond motifs is 1. The minimum Gasteiger partial charge on any atom is -0.481 e. The molecule has 3 aromatic heterocycles. The third-order valence-electron chi connectivity index (χ3n) is 7.85. The number of aryl methyl sites for hydroxylation is 1. The molecule has 1 saturated heterocycles. The second-order valence-electron chi connectivity index (χ2n) is 10.8. The van der Waals surface area contributed by atoms with Crippen LogP contribution in [0.3, 0.4) is 0 Å². The molecule has 10 heteroatoms. The number of aromatic nitrogens is 3. The molecule has 0 radical (unpaired) electrons. The summed E-state index contributed by atoms with van der Waals surface area (Å²) in [4.78, 5) is 37.0. The van der Waals surface area contributed by atoms with Gasteiger partial charge in [-0.05, 0) is 67.9 Å². The molecule has 8 nitrogen and oxygen atoms in total. The van der Waals surface area contributed by atoms with E-state index in [0.29, 0.717) is 35.7 Å². The largest absolute Gasteiger partial charge is 0.481 e.